The van der Waals surface area contributed by atoms with Gasteiger partial charge in [-0.05, 0) is 32.3 Å². The predicted molar refractivity (Wildman–Crippen MR) is 87.4 cm³/mol. The van der Waals surface area contributed by atoms with Crippen LogP contribution in [0.1, 0.15) is 24.1 Å². The van der Waals surface area contributed by atoms with Crippen molar-refractivity contribution in [3.8, 4) is 0 Å². The average Bonchev–Trinajstić information content (AvgIpc) is 2.92. The van der Waals surface area contributed by atoms with Crippen LogP contribution in [0.3, 0.4) is 0 Å². The number of anilines is 1. The van der Waals surface area contributed by atoms with E-state index in [0.29, 0.717) is 6.04 Å². The smallest absolute Gasteiger partial charge is 0.149 e. The number of hydrogen-bond donors (Lipinski definition) is 1. The number of nitrogens with zero attached hydrogens (tertiary/aromatic N) is 4. The first-order valence-corrected chi connectivity index (χ1v) is 8.27. The second kappa shape index (κ2) is 5.40. The number of rotatable bonds is 2. The SMILES string of the molecule is Cc1nnc2sc3c(NC4CCOCC4)ncnc3c2c1C. The van der Waals surface area contributed by atoms with Crippen molar-refractivity contribution in [2.45, 2.75) is 32.7 Å². The summed E-state index contributed by atoms with van der Waals surface area (Å²) in [5.41, 5.74) is 3.07. The van der Waals surface area contributed by atoms with Crippen LogP contribution in [0.4, 0.5) is 5.82 Å². The Bertz CT molecular complexity index is 841. The van der Waals surface area contributed by atoms with Crippen LogP contribution in [0.25, 0.3) is 20.4 Å². The van der Waals surface area contributed by atoms with Gasteiger partial charge in [-0.3, -0.25) is 0 Å². The number of ether oxygens (including phenoxy) is 1. The summed E-state index contributed by atoms with van der Waals surface area (Å²) in [6.07, 6.45) is 3.65. The minimum absolute atomic E-state index is 0.408. The summed E-state index contributed by atoms with van der Waals surface area (Å²) < 4.78 is 6.48. The molecular formula is C15H17N5OS. The number of fused-ring (bicyclic) bond motifs is 3. The minimum Gasteiger partial charge on any atom is -0.381 e. The van der Waals surface area contributed by atoms with Gasteiger partial charge in [0.05, 0.1) is 15.9 Å². The molecule has 1 saturated heterocycles. The summed E-state index contributed by atoms with van der Waals surface area (Å²) >= 11 is 1.61. The van der Waals surface area contributed by atoms with E-state index >= 15 is 0 Å². The Hall–Kier alpha value is -1.86. The predicted octanol–water partition coefficient (Wildman–Crippen LogP) is 2.84. The number of hydrogen-bond acceptors (Lipinski definition) is 7. The zero-order valence-electron chi connectivity index (χ0n) is 12.6. The molecule has 22 heavy (non-hydrogen) atoms. The molecule has 7 heteroatoms. The molecule has 4 heterocycles. The Kier molecular flexibility index (Phi) is 3.38. The molecule has 0 aromatic carbocycles. The first-order valence-electron chi connectivity index (χ1n) is 7.45. The normalized spacial score (nSPS) is 16.5. The lowest BCUT2D eigenvalue weighted by molar-refractivity contribution is 0.0904. The second-order valence-electron chi connectivity index (χ2n) is 5.62. The number of thiophene rings is 1. The Balaban J connectivity index is 1.84. The number of aromatic nitrogens is 4. The fraction of sp³-hybridized carbons (Fsp3) is 0.467. The molecule has 0 atom stereocenters. The van der Waals surface area contributed by atoms with Crippen molar-refractivity contribution in [3.63, 3.8) is 0 Å². The van der Waals surface area contributed by atoms with Gasteiger partial charge in [-0.15, -0.1) is 16.4 Å². The van der Waals surface area contributed by atoms with Gasteiger partial charge < -0.3 is 10.1 Å². The third kappa shape index (κ3) is 2.21. The Morgan fingerprint density at radius 3 is 2.82 bits per heavy atom. The topological polar surface area (TPSA) is 72.8 Å². The van der Waals surface area contributed by atoms with Crippen LogP contribution in [-0.4, -0.2) is 39.4 Å². The Morgan fingerprint density at radius 1 is 1.18 bits per heavy atom. The highest BCUT2D eigenvalue weighted by atomic mass is 32.1. The van der Waals surface area contributed by atoms with Gasteiger partial charge in [0.1, 0.15) is 17.0 Å². The van der Waals surface area contributed by atoms with Crippen molar-refractivity contribution < 1.29 is 4.74 Å². The molecule has 3 aromatic heterocycles. The van der Waals surface area contributed by atoms with Crippen LogP contribution in [-0.2, 0) is 4.74 Å². The van der Waals surface area contributed by atoms with Crippen molar-refractivity contribution in [2.75, 3.05) is 18.5 Å². The van der Waals surface area contributed by atoms with E-state index in [1.165, 1.54) is 0 Å². The summed E-state index contributed by atoms with van der Waals surface area (Å²) in [7, 11) is 0. The van der Waals surface area contributed by atoms with Crippen LogP contribution in [0.2, 0.25) is 0 Å². The van der Waals surface area contributed by atoms with E-state index in [4.69, 9.17) is 4.74 Å². The van der Waals surface area contributed by atoms with Gasteiger partial charge in [-0.25, -0.2) is 9.97 Å². The maximum atomic E-state index is 5.41. The zero-order chi connectivity index (χ0) is 15.1. The molecule has 0 saturated carbocycles. The van der Waals surface area contributed by atoms with Gasteiger partial charge in [0, 0.05) is 24.6 Å². The molecule has 1 aliphatic rings. The molecule has 1 fully saturated rings. The van der Waals surface area contributed by atoms with Crippen LogP contribution in [0.5, 0.6) is 0 Å². The van der Waals surface area contributed by atoms with E-state index in [0.717, 1.165) is 63.6 Å². The largest absolute Gasteiger partial charge is 0.381 e. The van der Waals surface area contributed by atoms with Crippen LogP contribution in [0.15, 0.2) is 6.33 Å². The van der Waals surface area contributed by atoms with E-state index in [1.54, 1.807) is 17.7 Å². The summed E-state index contributed by atoms with van der Waals surface area (Å²) in [4.78, 5) is 9.86. The average molecular weight is 315 g/mol. The molecule has 0 bridgehead atoms. The molecule has 0 aliphatic carbocycles. The maximum absolute atomic E-state index is 5.41. The molecule has 1 N–H and O–H groups in total. The quantitative estimate of drug-likeness (QED) is 0.784. The fourth-order valence-electron chi connectivity index (χ4n) is 2.82. The number of aryl methyl sites for hydroxylation is 2. The first-order chi connectivity index (χ1) is 10.7. The maximum Gasteiger partial charge on any atom is 0.149 e. The second-order valence-corrected chi connectivity index (χ2v) is 6.62. The molecule has 4 rings (SSSR count). The van der Waals surface area contributed by atoms with Crippen molar-refractivity contribution in [2.24, 2.45) is 0 Å². The molecular weight excluding hydrogens is 298 g/mol. The molecule has 0 spiro atoms. The highest BCUT2D eigenvalue weighted by Crippen LogP contribution is 2.36. The highest BCUT2D eigenvalue weighted by Gasteiger charge is 2.19. The van der Waals surface area contributed by atoms with E-state index in [1.807, 2.05) is 6.92 Å². The van der Waals surface area contributed by atoms with Crippen LogP contribution < -0.4 is 5.32 Å². The molecule has 3 aromatic rings. The van der Waals surface area contributed by atoms with Gasteiger partial charge >= 0.3 is 0 Å². The van der Waals surface area contributed by atoms with Crippen molar-refractivity contribution in [1.29, 1.82) is 0 Å². The fourth-order valence-corrected chi connectivity index (χ4v) is 3.91. The molecule has 6 nitrogen and oxygen atoms in total. The van der Waals surface area contributed by atoms with Crippen molar-refractivity contribution >= 4 is 37.6 Å². The van der Waals surface area contributed by atoms with Crippen molar-refractivity contribution in [3.05, 3.63) is 17.6 Å². The lowest BCUT2D eigenvalue weighted by Gasteiger charge is -2.23. The van der Waals surface area contributed by atoms with E-state index in [9.17, 15) is 0 Å². The third-order valence-corrected chi connectivity index (χ3v) is 5.29. The summed E-state index contributed by atoms with van der Waals surface area (Å²) in [6, 6.07) is 0.408. The standard InChI is InChI=1S/C15H17N5OS/c1-8-9(2)19-20-15-11(8)12-13(22-15)14(17-7-16-12)18-10-3-5-21-6-4-10/h7,10H,3-6H2,1-2H3,(H,16,17,18). The minimum atomic E-state index is 0.408. The lowest BCUT2D eigenvalue weighted by Crippen LogP contribution is -2.28. The monoisotopic (exact) mass is 315 g/mol. The van der Waals surface area contributed by atoms with Crippen LogP contribution >= 0.6 is 11.3 Å². The van der Waals surface area contributed by atoms with E-state index in [2.05, 4.69) is 32.4 Å². The summed E-state index contributed by atoms with van der Waals surface area (Å²) in [5, 5.41) is 13.2. The summed E-state index contributed by atoms with van der Waals surface area (Å²) in [6.45, 7) is 5.67. The number of nitrogens with one attached hydrogen (secondary N) is 1. The van der Waals surface area contributed by atoms with Gasteiger partial charge in [0.15, 0.2) is 0 Å². The highest BCUT2D eigenvalue weighted by molar-refractivity contribution is 7.25. The Morgan fingerprint density at radius 2 is 2.00 bits per heavy atom. The van der Waals surface area contributed by atoms with Gasteiger partial charge in [0.25, 0.3) is 0 Å². The van der Waals surface area contributed by atoms with E-state index in [-0.39, 0.29) is 0 Å². The lowest BCUT2D eigenvalue weighted by atomic mass is 10.1. The molecule has 1 aliphatic heterocycles. The molecule has 0 amide bonds. The Labute approximate surface area is 131 Å². The zero-order valence-corrected chi connectivity index (χ0v) is 13.4. The molecule has 0 unspecified atom stereocenters. The van der Waals surface area contributed by atoms with Gasteiger partial charge in [0.2, 0.25) is 0 Å². The van der Waals surface area contributed by atoms with Crippen molar-refractivity contribution in [1.82, 2.24) is 20.2 Å². The molecule has 114 valence electrons. The first kappa shape index (κ1) is 13.8. The van der Waals surface area contributed by atoms with Gasteiger partial charge in [-0.2, -0.15) is 5.10 Å². The van der Waals surface area contributed by atoms with Gasteiger partial charge in [-0.1, -0.05) is 0 Å². The van der Waals surface area contributed by atoms with E-state index < -0.39 is 0 Å². The summed E-state index contributed by atoms with van der Waals surface area (Å²) in [5.74, 6) is 0.900. The van der Waals surface area contributed by atoms with Crippen LogP contribution in [0, 0.1) is 13.8 Å². The molecule has 0 radical (unpaired) electrons. The third-order valence-electron chi connectivity index (χ3n) is 4.22.